The monoisotopic (exact) mass is 388 g/mol. The third-order valence-corrected chi connectivity index (χ3v) is 6.04. The Bertz CT molecular complexity index is 1060. The van der Waals surface area contributed by atoms with Crippen molar-refractivity contribution in [2.45, 2.75) is 6.04 Å². The quantitative estimate of drug-likeness (QED) is 0.740. The standard InChI is InChI=1S/C23H20N2O4/c1-24(2)15-12-17-19(21(26)14-10-6-7-11-16(14)29-17)20-18(15)22(27)25(23(20)28)13-8-4-3-5-9-13/h3-12,15,18-20H,1-2H3. The molecule has 0 N–H and O–H groups in total. The van der Waals surface area contributed by atoms with Crippen molar-refractivity contribution in [1.29, 1.82) is 0 Å². The van der Waals surface area contributed by atoms with Crippen LogP contribution in [0.1, 0.15) is 10.4 Å². The van der Waals surface area contributed by atoms with Gasteiger partial charge in [-0.25, -0.2) is 4.90 Å². The van der Waals surface area contributed by atoms with Gasteiger partial charge in [0.2, 0.25) is 11.8 Å². The summed E-state index contributed by atoms with van der Waals surface area (Å²) in [6.45, 7) is 0. The highest BCUT2D eigenvalue weighted by atomic mass is 16.5. The number of rotatable bonds is 2. The SMILES string of the molecule is CN(C)C1C=C2Oc3ccccc3C(=O)C2C2C(=O)N(c3ccccc3)C(=O)C21. The van der Waals surface area contributed by atoms with E-state index in [0.717, 1.165) is 0 Å². The lowest BCUT2D eigenvalue weighted by molar-refractivity contribution is -0.122. The molecule has 6 nitrogen and oxygen atoms in total. The van der Waals surface area contributed by atoms with Gasteiger partial charge in [0, 0.05) is 6.04 Å². The number of hydrogen-bond donors (Lipinski definition) is 0. The van der Waals surface area contributed by atoms with E-state index in [-0.39, 0.29) is 23.6 Å². The van der Waals surface area contributed by atoms with Gasteiger partial charge < -0.3 is 9.64 Å². The lowest BCUT2D eigenvalue weighted by Gasteiger charge is -2.39. The van der Waals surface area contributed by atoms with Crippen LogP contribution in [0, 0.1) is 17.8 Å². The summed E-state index contributed by atoms with van der Waals surface area (Å²) in [7, 11) is 3.72. The van der Waals surface area contributed by atoms with Crippen LogP contribution in [0.15, 0.2) is 66.4 Å². The minimum atomic E-state index is -0.782. The van der Waals surface area contributed by atoms with E-state index in [1.54, 1.807) is 42.5 Å². The highest BCUT2D eigenvalue weighted by Crippen LogP contribution is 2.48. The Morgan fingerprint density at radius 3 is 2.24 bits per heavy atom. The number of fused-ring (bicyclic) bond motifs is 4. The molecule has 5 rings (SSSR count). The number of amides is 2. The van der Waals surface area contributed by atoms with Gasteiger partial charge in [-0.15, -0.1) is 0 Å². The van der Waals surface area contributed by atoms with Crippen LogP contribution < -0.4 is 9.64 Å². The molecule has 3 aliphatic rings. The van der Waals surface area contributed by atoms with Gasteiger partial charge in [0.25, 0.3) is 0 Å². The first-order chi connectivity index (χ1) is 14.0. The van der Waals surface area contributed by atoms with Gasteiger partial charge in [0.15, 0.2) is 5.78 Å². The number of anilines is 1. The molecule has 4 unspecified atom stereocenters. The van der Waals surface area contributed by atoms with Crippen molar-refractivity contribution in [3.63, 3.8) is 0 Å². The lowest BCUT2D eigenvalue weighted by atomic mass is 9.70. The van der Waals surface area contributed by atoms with E-state index in [0.29, 0.717) is 22.8 Å². The number of ketones is 1. The van der Waals surface area contributed by atoms with Crippen molar-refractivity contribution in [1.82, 2.24) is 4.90 Å². The molecule has 146 valence electrons. The highest BCUT2D eigenvalue weighted by Gasteiger charge is 2.60. The van der Waals surface area contributed by atoms with E-state index in [9.17, 15) is 14.4 Å². The molecule has 2 amide bonds. The van der Waals surface area contributed by atoms with Gasteiger partial charge in [-0.3, -0.25) is 14.4 Å². The number of hydrogen-bond acceptors (Lipinski definition) is 5. The van der Waals surface area contributed by atoms with Crippen LogP contribution in [-0.4, -0.2) is 42.6 Å². The molecule has 2 heterocycles. The molecule has 1 saturated heterocycles. The van der Waals surface area contributed by atoms with Crippen LogP contribution in [0.3, 0.4) is 0 Å². The van der Waals surface area contributed by atoms with Crippen molar-refractivity contribution < 1.29 is 19.1 Å². The first-order valence-electron chi connectivity index (χ1n) is 9.61. The fourth-order valence-electron chi connectivity index (χ4n) is 4.72. The maximum atomic E-state index is 13.5. The van der Waals surface area contributed by atoms with Gasteiger partial charge in [-0.05, 0) is 44.4 Å². The van der Waals surface area contributed by atoms with E-state index in [1.165, 1.54) is 4.90 Å². The highest BCUT2D eigenvalue weighted by molar-refractivity contribution is 6.24. The molecule has 6 heteroatoms. The molecule has 0 aromatic heterocycles. The number of benzene rings is 2. The summed E-state index contributed by atoms with van der Waals surface area (Å²) in [4.78, 5) is 43.4. The van der Waals surface area contributed by atoms with Gasteiger partial charge >= 0.3 is 0 Å². The van der Waals surface area contributed by atoms with Crippen molar-refractivity contribution in [2.24, 2.45) is 17.8 Å². The molecule has 0 spiro atoms. The second kappa shape index (κ2) is 6.39. The Hall–Kier alpha value is -3.25. The maximum absolute atomic E-state index is 13.5. The van der Waals surface area contributed by atoms with Crippen LogP contribution in [0.4, 0.5) is 5.69 Å². The number of carbonyl (C=O) groups is 3. The molecule has 1 aliphatic carbocycles. The molecule has 2 aliphatic heterocycles. The summed E-state index contributed by atoms with van der Waals surface area (Å²) < 4.78 is 6.05. The largest absolute Gasteiger partial charge is 0.460 e. The van der Waals surface area contributed by atoms with E-state index in [4.69, 9.17) is 4.74 Å². The molecular weight excluding hydrogens is 368 g/mol. The summed E-state index contributed by atoms with van der Waals surface area (Å²) in [5.74, 6) is -2.02. The van der Waals surface area contributed by atoms with Gasteiger partial charge in [-0.2, -0.15) is 0 Å². The van der Waals surface area contributed by atoms with Crippen LogP contribution >= 0.6 is 0 Å². The van der Waals surface area contributed by atoms with E-state index < -0.39 is 17.8 Å². The normalized spacial score (nSPS) is 27.9. The fraction of sp³-hybridized carbons (Fsp3) is 0.261. The topological polar surface area (TPSA) is 66.9 Å². The van der Waals surface area contributed by atoms with Gasteiger partial charge in [-0.1, -0.05) is 30.3 Å². The van der Waals surface area contributed by atoms with Gasteiger partial charge in [0.1, 0.15) is 11.5 Å². The molecule has 2 aromatic carbocycles. The minimum Gasteiger partial charge on any atom is -0.460 e. The third kappa shape index (κ3) is 2.49. The number of nitrogens with zero attached hydrogens (tertiary/aromatic N) is 2. The minimum absolute atomic E-state index is 0.165. The summed E-state index contributed by atoms with van der Waals surface area (Å²) in [6.07, 6.45) is 1.83. The zero-order chi connectivity index (χ0) is 20.3. The number of allylic oxidation sites excluding steroid dienone is 1. The fourth-order valence-corrected chi connectivity index (χ4v) is 4.72. The Morgan fingerprint density at radius 2 is 1.52 bits per heavy atom. The van der Waals surface area contributed by atoms with Gasteiger partial charge in [0.05, 0.1) is 29.0 Å². The first kappa shape index (κ1) is 17.8. The Balaban J connectivity index is 1.66. The molecule has 4 atom stereocenters. The molecular formula is C23H20N2O4. The zero-order valence-corrected chi connectivity index (χ0v) is 16.1. The molecule has 1 fully saturated rings. The number of imide groups is 1. The molecule has 0 saturated carbocycles. The van der Waals surface area contributed by atoms with Crippen LogP contribution in [0.5, 0.6) is 5.75 Å². The van der Waals surface area contributed by atoms with Crippen LogP contribution in [-0.2, 0) is 9.59 Å². The number of para-hydroxylation sites is 2. The Labute approximate surface area is 168 Å². The number of carbonyl (C=O) groups excluding carboxylic acids is 3. The lowest BCUT2D eigenvalue weighted by Crippen LogP contribution is -2.49. The predicted octanol–water partition coefficient (Wildman–Crippen LogP) is 2.51. The average molecular weight is 388 g/mol. The smallest absolute Gasteiger partial charge is 0.239 e. The number of likely N-dealkylation sites (N-methyl/N-ethyl adjacent to an activating group) is 1. The van der Waals surface area contributed by atoms with E-state index in [2.05, 4.69) is 0 Å². The van der Waals surface area contributed by atoms with Crippen LogP contribution in [0.2, 0.25) is 0 Å². The number of ether oxygens (including phenoxy) is 1. The van der Waals surface area contributed by atoms with Crippen molar-refractivity contribution in [2.75, 3.05) is 19.0 Å². The summed E-state index contributed by atoms with van der Waals surface area (Å²) in [5, 5.41) is 0. The average Bonchev–Trinajstić information content (AvgIpc) is 2.98. The molecule has 2 aromatic rings. The van der Waals surface area contributed by atoms with Crippen molar-refractivity contribution in [3.8, 4) is 5.75 Å². The number of Topliss-reactive ketones (excluding diaryl/α,β-unsaturated/α-hetero) is 1. The second-order valence-corrected chi connectivity index (χ2v) is 7.86. The predicted molar refractivity (Wildman–Crippen MR) is 106 cm³/mol. The zero-order valence-electron chi connectivity index (χ0n) is 16.1. The van der Waals surface area contributed by atoms with E-state index in [1.807, 2.05) is 37.2 Å². The molecule has 0 radical (unpaired) electrons. The molecule has 0 bridgehead atoms. The Morgan fingerprint density at radius 1 is 0.862 bits per heavy atom. The van der Waals surface area contributed by atoms with Crippen molar-refractivity contribution >= 4 is 23.3 Å². The third-order valence-electron chi connectivity index (χ3n) is 6.04. The summed E-state index contributed by atoms with van der Waals surface area (Å²) in [6, 6.07) is 15.6. The Kier molecular flexibility index (Phi) is 3.93. The van der Waals surface area contributed by atoms with E-state index >= 15 is 0 Å². The van der Waals surface area contributed by atoms with Crippen LogP contribution in [0.25, 0.3) is 0 Å². The second-order valence-electron chi connectivity index (χ2n) is 7.86. The summed E-state index contributed by atoms with van der Waals surface area (Å²) in [5.41, 5.74) is 0.982. The summed E-state index contributed by atoms with van der Waals surface area (Å²) >= 11 is 0. The first-order valence-corrected chi connectivity index (χ1v) is 9.61. The van der Waals surface area contributed by atoms with Crippen molar-refractivity contribution in [3.05, 3.63) is 72.0 Å². The maximum Gasteiger partial charge on any atom is 0.239 e. The molecule has 29 heavy (non-hydrogen) atoms.